The van der Waals surface area contributed by atoms with E-state index in [1.165, 1.54) is 6.20 Å². The lowest BCUT2D eigenvalue weighted by Crippen LogP contribution is -2.45. The van der Waals surface area contributed by atoms with E-state index in [1.807, 2.05) is 19.1 Å². The molecule has 7 heteroatoms. The van der Waals surface area contributed by atoms with Crippen LogP contribution in [-0.4, -0.2) is 32.8 Å². The van der Waals surface area contributed by atoms with Gasteiger partial charge in [0, 0.05) is 0 Å². The number of amides is 1. The number of carbonyl (C=O) groups excluding carboxylic acids is 1. The Hall–Kier alpha value is -2.34. The van der Waals surface area contributed by atoms with Gasteiger partial charge >= 0.3 is 5.97 Å². The summed E-state index contributed by atoms with van der Waals surface area (Å²) in [6.07, 6.45) is 2.07. The molecule has 2 N–H and O–H groups in total. The third-order valence-corrected chi connectivity index (χ3v) is 4.42. The number of nitrogens with one attached hydrogen (secondary N) is 1. The first-order valence-electron chi connectivity index (χ1n) is 7.70. The van der Waals surface area contributed by atoms with E-state index < -0.39 is 17.9 Å². The molecule has 2 aromatic rings. The highest BCUT2D eigenvalue weighted by Gasteiger charge is 2.27. The minimum absolute atomic E-state index is 0.176. The molecule has 0 saturated heterocycles. The zero-order valence-electron chi connectivity index (χ0n) is 13.8. The number of nitrogens with zero attached hydrogens (tertiary/aromatic N) is 2. The van der Waals surface area contributed by atoms with Gasteiger partial charge in [0.1, 0.15) is 6.04 Å². The Kier molecular flexibility index (Phi) is 5.62. The summed E-state index contributed by atoms with van der Waals surface area (Å²) in [5, 5.41) is 16.6. The molecule has 0 bridgehead atoms. The highest BCUT2D eigenvalue weighted by molar-refractivity contribution is 6.32. The monoisotopic (exact) mass is 349 g/mol. The first-order chi connectivity index (χ1) is 11.4. The average molecular weight is 350 g/mol. The van der Waals surface area contributed by atoms with Gasteiger partial charge in [-0.05, 0) is 25.0 Å². The van der Waals surface area contributed by atoms with Crippen molar-refractivity contribution in [3.63, 3.8) is 0 Å². The van der Waals surface area contributed by atoms with Crippen LogP contribution in [0, 0.1) is 12.8 Å². The molecule has 0 unspecified atom stereocenters. The molecule has 6 nitrogen and oxygen atoms in total. The highest BCUT2D eigenvalue weighted by atomic mass is 35.5. The van der Waals surface area contributed by atoms with Gasteiger partial charge in [0.05, 0.1) is 28.2 Å². The number of carbonyl (C=O) groups is 2. The van der Waals surface area contributed by atoms with E-state index in [4.69, 9.17) is 11.6 Å². The van der Waals surface area contributed by atoms with Crippen LogP contribution in [0.25, 0.3) is 5.69 Å². The van der Waals surface area contributed by atoms with Gasteiger partial charge in [-0.3, -0.25) is 4.79 Å². The second-order valence-electron chi connectivity index (χ2n) is 5.68. The molecule has 0 aliphatic carbocycles. The number of carboxylic acid groups (broad SMARTS) is 1. The van der Waals surface area contributed by atoms with Gasteiger partial charge in [0.2, 0.25) is 0 Å². The average Bonchev–Trinajstić information content (AvgIpc) is 2.93. The lowest BCUT2D eigenvalue weighted by atomic mass is 9.99. The normalized spacial score (nSPS) is 13.3. The number of halogens is 1. The van der Waals surface area contributed by atoms with Crippen molar-refractivity contribution in [2.45, 2.75) is 33.2 Å². The van der Waals surface area contributed by atoms with Gasteiger partial charge in [-0.2, -0.15) is 5.10 Å². The Morgan fingerprint density at radius 2 is 2.04 bits per heavy atom. The zero-order valence-corrected chi connectivity index (χ0v) is 14.5. The molecule has 2 rings (SSSR count). The second-order valence-corrected chi connectivity index (χ2v) is 6.09. The minimum Gasteiger partial charge on any atom is -0.480 e. The van der Waals surface area contributed by atoms with Crippen LogP contribution < -0.4 is 5.32 Å². The van der Waals surface area contributed by atoms with Crippen molar-refractivity contribution >= 4 is 23.5 Å². The van der Waals surface area contributed by atoms with E-state index in [2.05, 4.69) is 10.4 Å². The van der Waals surface area contributed by atoms with Crippen molar-refractivity contribution in [3.8, 4) is 5.69 Å². The fourth-order valence-electron chi connectivity index (χ4n) is 2.40. The summed E-state index contributed by atoms with van der Waals surface area (Å²) < 4.78 is 1.57. The summed E-state index contributed by atoms with van der Waals surface area (Å²) in [6.45, 7) is 5.41. The number of para-hydroxylation sites is 1. The number of hydrogen-bond donors (Lipinski definition) is 2. The number of hydrogen-bond acceptors (Lipinski definition) is 3. The molecule has 1 aromatic carbocycles. The molecule has 0 saturated carbocycles. The molecule has 0 aliphatic heterocycles. The maximum atomic E-state index is 12.5. The van der Waals surface area contributed by atoms with E-state index in [9.17, 15) is 14.7 Å². The van der Waals surface area contributed by atoms with Crippen molar-refractivity contribution in [2.75, 3.05) is 0 Å². The predicted octanol–water partition coefficient (Wildman–Crippen LogP) is 3.06. The predicted molar refractivity (Wildman–Crippen MR) is 91.7 cm³/mol. The van der Waals surface area contributed by atoms with Gasteiger partial charge in [-0.15, -0.1) is 0 Å². The summed E-state index contributed by atoms with van der Waals surface area (Å²) in [4.78, 5) is 23.8. The van der Waals surface area contributed by atoms with E-state index in [0.717, 1.165) is 0 Å². The third-order valence-electron chi connectivity index (χ3n) is 4.10. The summed E-state index contributed by atoms with van der Waals surface area (Å²) >= 11 is 6.17. The van der Waals surface area contributed by atoms with Crippen molar-refractivity contribution in [1.29, 1.82) is 0 Å². The molecule has 0 radical (unpaired) electrons. The SMILES string of the molecule is CC[C@H](C)[C@H](NC(=O)c1cnn(-c2ccccc2Cl)c1C)C(=O)O. The van der Waals surface area contributed by atoms with Gasteiger partial charge in [-0.25, -0.2) is 9.48 Å². The fourth-order valence-corrected chi connectivity index (χ4v) is 2.62. The molecule has 1 amide bonds. The maximum absolute atomic E-state index is 12.5. The molecule has 0 spiro atoms. The van der Waals surface area contributed by atoms with Crippen LogP contribution in [0.1, 0.15) is 36.3 Å². The number of aliphatic carboxylic acids is 1. The summed E-state index contributed by atoms with van der Waals surface area (Å²) in [7, 11) is 0. The molecule has 1 heterocycles. The van der Waals surface area contributed by atoms with Gasteiger partial charge in [-0.1, -0.05) is 44.0 Å². The Labute approximate surface area is 145 Å². The lowest BCUT2D eigenvalue weighted by molar-refractivity contribution is -0.140. The quantitative estimate of drug-likeness (QED) is 0.839. The van der Waals surface area contributed by atoms with E-state index >= 15 is 0 Å². The first kappa shape index (κ1) is 18.0. The van der Waals surface area contributed by atoms with E-state index in [-0.39, 0.29) is 5.92 Å². The van der Waals surface area contributed by atoms with Gasteiger partial charge in [0.25, 0.3) is 5.91 Å². The highest BCUT2D eigenvalue weighted by Crippen LogP contribution is 2.22. The number of aromatic nitrogens is 2. The van der Waals surface area contributed by atoms with E-state index in [0.29, 0.717) is 28.4 Å². The number of carboxylic acids is 1. The molecular formula is C17H20ClN3O3. The fraction of sp³-hybridized carbons (Fsp3) is 0.353. The van der Waals surface area contributed by atoms with Crippen LogP contribution in [-0.2, 0) is 4.79 Å². The second kappa shape index (κ2) is 7.49. The Morgan fingerprint density at radius 1 is 1.38 bits per heavy atom. The van der Waals surface area contributed by atoms with Crippen LogP contribution in [0.15, 0.2) is 30.5 Å². The Balaban J connectivity index is 2.29. The van der Waals surface area contributed by atoms with Crippen LogP contribution in [0.5, 0.6) is 0 Å². The van der Waals surface area contributed by atoms with Crippen LogP contribution >= 0.6 is 11.6 Å². The maximum Gasteiger partial charge on any atom is 0.326 e. The summed E-state index contributed by atoms with van der Waals surface area (Å²) in [6, 6.07) is 6.23. The minimum atomic E-state index is -1.05. The molecule has 1 aromatic heterocycles. The van der Waals surface area contributed by atoms with Crippen molar-refractivity contribution in [3.05, 3.63) is 46.7 Å². The Morgan fingerprint density at radius 3 is 2.62 bits per heavy atom. The van der Waals surface area contributed by atoms with Gasteiger partial charge in [0.15, 0.2) is 0 Å². The molecule has 0 fully saturated rings. The summed E-state index contributed by atoms with van der Waals surface area (Å²) in [5.41, 5.74) is 1.57. The van der Waals surface area contributed by atoms with Crippen molar-refractivity contribution in [2.24, 2.45) is 5.92 Å². The van der Waals surface area contributed by atoms with Crippen molar-refractivity contribution < 1.29 is 14.7 Å². The third kappa shape index (κ3) is 3.59. The van der Waals surface area contributed by atoms with Crippen LogP contribution in [0.3, 0.4) is 0 Å². The first-order valence-corrected chi connectivity index (χ1v) is 8.07. The molecule has 24 heavy (non-hydrogen) atoms. The summed E-state index contributed by atoms with van der Waals surface area (Å²) in [5.74, 6) is -1.68. The largest absolute Gasteiger partial charge is 0.480 e. The lowest BCUT2D eigenvalue weighted by Gasteiger charge is -2.20. The standard InChI is InChI=1S/C17H20ClN3O3/c1-4-10(2)15(17(23)24)20-16(22)12-9-19-21(11(12)3)14-8-6-5-7-13(14)18/h5-10,15H,4H2,1-3H3,(H,20,22)(H,23,24)/t10-,15-/m0/s1. The molecule has 128 valence electrons. The number of rotatable bonds is 6. The topological polar surface area (TPSA) is 84.2 Å². The number of benzene rings is 1. The molecular weight excluding hydrogens is 330 g/mol. The van der Waals surface area contributed by atoms with Crippen LogP contribution in [0.4, 0.5) is 0 Å². The smallest absolute Gasteiger partial charge is 0.326 e. The Bertz CT molecular complexity index is 757. The van der Waals surface area contributed by atoms with Crippen molar-refractivity contribution in [1.82, 2.24) is 15.1 Å². The van der Waals surface area contributed by atoms with Gasteiger partial charge < -0.3 is 10.4 Å². The van der Waals surface area contributed by atoms with E-state index in [1.54, 1.807) is 30.7 Å². The van der Waals surface area contributed by atoms with Crippen LogP contribution in [0.2, 0.25) is 5.02 Å². The molecule has 2 atom stereocenters. The zero-order chi connectivity index (χ0) is 17.9. The molecule has 0 aliphatic rings.